The molecule has 0 saturated heterocycles. The van der Waals surface area contributed by atoms with Crippen molar-refractivity contribution in [1.82, 2.24) is 20.4 Å². The van der Waals surface area contributed by atoms with E-state index in [1.807, 2.05) is 54.4 Å². The number of benzene rings is 2. The van der Waals surface area contributed by atoms with Gasteiger partial charge in [-0.1, -0.05) is 48.0 Å². The van der Waals surface area contributed by atoms with E-state index < -0.39 is 0 Å². The summed E-state index contributed by atoms with van der Waals surface area (Å²) >= 11 is 8.22. The van der Waals surface area contributed by atoms with Gasteiger partial charge in [-0.25, -0.2) is 0 Å². The van der Waals surface area contributed by atoms with Crippen molar-refractivity contribution in [2.45, 2.75) is 44.3 Å². The van der Waals surface area contributed by atoms with Crippen LogP contribution < -0.4 is 10.1 Å². The van der Waals surface area contributed by atoms with Crippen molar-refractivity contribution in [2.24, 2.45) is 0 Å². The second-order valence-corrected chi connectivity index (χ2v) is 10.6. The number of amides is 1. The molecule has 0 spiro atoms. The molecule has 1 saturated carbocycles. The molecule has 8 heteroatoms. The highest BCUT2D eigenvalue weighted by atomic mass is 35.5. The van der Waals surface area contributed by atoms with Crippen LogP contribution in [0.15, 0.2) is 60.7 Å². The van der Waals surface area contributed by atoms with Crippen molar-refractivity contribution in [1.29, 1.82) is 0 Å². The lowest BCUT2D eigenvalue weighted by molar-refractivity contribution is 0.0606. The van der Waals surface area contributed by atoms with Gasteiger partial charge in [-0.2, -0.15) is 0 Å². The molecule has 6 nitrogen and oxygen atoms in total. The third kappa shape index (κ3) is 5.09. The third-order valence-electron chi connectivity index (χ3n) is 6.96. The predicted molar refractivity (Wildman–Crippen MR) is 146 cm³/mol. The highest BCUT2D eigenvalue weighted by molar-refractivity contribution is 7.21. The zero-order valence-corrected chi connectivity index (χ0v) is 22.0. The Morgan fingerprint density at radius 3 is 2.58 bits per heavy atom. The lowest BCUT2D eigenvalue weighted by Gasteiger charge is -2.37. The zero-order chi connectivity index (χ0) is 25.1. The molecule has 0 radical (unpaired) electrons. The van der Waals surface area contributed by atoms with Crippen LogP contribution in [-0.4, -0.2) is 47.2 Å². The smallest absolute Gasteiger partial charge is 0.266 e. The molecule has 4 aromatic rings. The Labute approximate surface area is 220 Å². The van der Waals surface area contributed by atoms with Gasteiger partial charge >= 0.3 is 0 Å². The van der Waals surface area contributed by atoms with Crippen molar-refractivity contribution >= 4 is 38.9 Å². The third-order valence-corrected chi connectivity index (χ3v) is 8.62. The first kappa shape index (κ1) is 24.7. The monoisotopic (exact) mass is 520 g/mol. The topological polar surface area (TPSA) is 67.3 Å². The van der Waals surface area contributed by atoms with Gasteiger partial charge in [0.2, 0.25) is 5.88 Å². The van der Waals surface area contributed by atoms with Crippen LogP contribution in [0.25, 0.3) is 21.3 Å². The first-order chi connectivity index (χ1) is 17.6. The predicted octanol–water partition coefficient (Wildman–Crippen LogP) is 6.19. The summed E-state index contributed by atoms with van der Waals surface area (Å²) in [7, 11) is 3.58. The van der Waals surface area contributed by atoms with Crippen LogP contribution in [0.4, 0.5) is 0 Å². The number of nitrogens with one attached hydrogen (secondary N) is 1. The largest absolute Gasteiger partial charge is 0.480 e. The Morgan fingerprint density at radius 1 is 1.08 bits per heavy atom. The van der Waals surface area contributed by atoms with Crippen LogP contribution in [0, 0.1) is 0 Å². The van der Waals surface area contributed by atoms with E-state index in [2.05, 4.69) is 27.6 Å². The number of halogens is 1. The molecule has 5 rings (SSSR count). The Morgan fingerprint density at radius 2 is 1.89 bits per heavy atom. The van der Waals surface area contributed by atoms with E-state index in [1.54, 1.807) is 13.2 Å². The molecule has 0 atom stereocenters. The van der Waals surface area contributed by atoms with E-state index in [0.29, 0.717) is 28.4 Å². The van der Waals surface area contributed by atoms with Crippen LogP contribution in [0.2, 0.25) is 5.02 Å². The summed E-state index contributed by atoms with van der Waals surface area (Å²) in [5.74, 6) is 0.479. The van der Waals surface area contributed by atoms with Crippen LogP contribution in [0.3, 0.4) is 0 Å². The molecule has 1 aliphatic rings. The van der Waals surface area contributed by atoms with Gasteiger partial charge in [-0.15, -0.1) is 21.5 Å². The number of ether oxygens (including phenoxy) is 1. The van der Waals surface area contributed by atoms with Gasteiger partial charge in [0.1, 0.15) is 4.88 Å². The fraction of sp³-hybridized carbons (Fsp3) is 0.321. The minimum absolute atomic E-state index is 0.00347. The SMILES string of the molecule is CNC1CCC(N(Cc2cccc(-c3ccc(OC)nn3)c2)C(=O)c2sc3ccccc3c2Cl)CC1. The van der Waals surface area contributed by atoms with Gasteiger partial charge in [0, 0.05) is 40.3 Å². The van der Waals surface area contributed by atoms with Gasteiger partial charge in [-0.3, -0.25) is 4.79 Å². The zero-order valence-electron chi connectivity index (χ0n) is 20.4. The summed E-state index contributed by atoms with van der Waals surface area (Å²) in [5.41, 5.74) is 2.76. The summed E-state index contributed by atoms with van der Waals surface area (Å²) in [6, 6.07) is 20.4. The maximum Gasteiger partial charge on any atom is 0.266 e. The Balaban J connectivity index is 1.46. The van der Waals surface area contributed by atoms with Crippen molar-refractivity contribution in [2.75, 3.05) is 14.2 Å². The molecule has 0 bridgehead atoms. The van der Waals surface area contributed by atoms with Gasteiger partial charge in [0.05, 0.1) is 17.8 Å². The fourth-order valence-electron chi connectivity index (χ4n) is 4.93. The second kappa shape index (κ2) is 10.9. The number of hydrogen-bond acceptors (Lipinski definition) is 6. The number of rotatable bonds is 7. The first-order valence-corrected chi connectivity index (χ1v) is 13.4. The number of aromatic nitrogens is 2. The lowest BCUT2D eigenvalue weighted by Crippen LogP contribution is -2.44. The maximum atomic E-state index is 14.0. The molecule has 1 N–H and O–H groups in total. The number of carbonyl (C=O) groups is 1. The normalized spacial score (nSPS) is 17.8. The second-order valence-electron chi connectivity index (χ2n) is 9.13. The van der Waals surface area contributed by atoms with Gasteiger partial charge < -0.3 is 15.0 Å². The molecule has 186 valence electrons. The summed E-state index contributed by atoms with van der Waals surface area (Å²) in [4.78, 5) is 16.7. The Hall–Kier alpha value is -3.00. The van der Waals surface area contributed by atoms with Crippen LogP contribution in [-0.2, 0) is 6.54 Å². The molecule has 36 heavy (non-hydrogen) atoms. The first-order valence-electron chi connectivity index (χ1n) is 12.2. The van der Waals surface area contributed by atoms with Crippen molar-refractivity contribution in [3.8, 4) is 17.1 Å². The minimum Gasteiger partial charge on any atom is -0.480 e. The molecule has 0 unspecified atom stereocenters. The Kier molecular flexibility index (Phi) is 7.51. The molecule has 0 aliphatic heterocycles. The van der Waals surface area contributed by atoms with E-state index >= 15 is 0 Å². The summed E-state index contributed by atoms with van der Waals surface area (Å²) < 4.78 is 6.16. The lowest BCUT2D eigenvalue weighted by atomic mass is 9.89. The van der Waals surface area contributed by atoms with Gasteiger partial charge in [0.15, 0.2) is 0 Å². The number of methoxy groups -OCH3 is 1. The maximum absolute atomic E-state index is 14.0. The summed E-state index contributed by atoms with van der Waals surface area (Å²) in [5, 5.41) is 13.3. The van der Waals surface area contributed by atoms with E-state index in [4.69, 9.17) is 16.3 Å². The van der Waals surface area contributed by atoms with Crippen LogP contribution >= 0.6 is 22.9 Å². The number of carbonyl (C=O) groups excluding carboxylic acids is 1. The average Bonchev–Trinajstić information content (AvgIpc) is 3.28. The average molecular weight is 521 g/mol. The summed E-state index contributed by atoms with van der Waals surface area (Å²) in [6.45, 7) is 0.510. The van der Waals surface area contributed by atoms with Gasteiger partial charge in [0.25, 0.3) is 5.91 Å². The molecule has 1 aliphatic carbocycles. The van der Waals surface area contributed by atoms with E-state index in [9.17, 15) is 4.79 Å². The number of fused-ring (bicyclic) bond motifs is 1. The highest BCUT2D eigenvalue weighted by Gasteiger charge is 2.31. The molecular weight excluding hydrogens is 492 g/mol. The summed E-state index contributed by atoms with van der Waals surface area (Å²) in [6.07, 6.45) is 4.02. The number of thiophene rings is 1. The van der Waals surface area contributed by atoms with Crippen LogP contribution in [0.1, 0.15) is 40.9 Å². The molecule has 1 amide bonds. The Bertz CT molecular complexity index is 1350. The van der Waals surface area contributed by atoms with Crippen LogP contribution in [0.5, 0.6) is 5.88 Å². The standard InChI is InChI=1S/C28H29ClN4O2S/c1-30-20-10-12-21(13-11-20)33(28(34)27-26(29)22-8-3-4-9-24(22)36-27)17-18-6-5-7-19(16-18)23-14-15-25(35-2)32-31-23/h3-9,14-16,20-21,30H,10-13,17H2,1-2H3. The number of hydrogen-bond donors (Lipinski definition) is 1. The molecule has 2 heterocycles. The molecule has 2 aromatic heterocycles. The van der Waals surface area contributed by atoms with Crippen molar-refractivity contribution < 1.29 is 9.53 Å². The quantitative estimate of drug-likeness (QED) is 0.314. The highest BCUT2D eigenvalue weighted by Crippen LogP contribution is 2.37. The molecule has 2 aromatic carbocycles. The van der Waals surface area contributed by atoms with E-state index in [-0.39, 0.29) is 11.9 Å². The fourth-order valence-corrected chi connectivity index (χ4v) is 6.40. The van der Waals surface area contributed by atoms with Crippen molar-refractivity contribution in [3.63, 3.8) is 0 Å². The molecular formula is C28H29ClN4O2S. The van der Waals surface area contributed by atoms with Crippen molar-refractivity contribution in [3.05, 3.63) is 76.1 Å². The van der Waals surface area contributed by atoms with E-state index in [0.717, 1.165) is 52.6 Å². The number of nitrogens with zero attached hydrogens (tertiary/aromatic N) is 3. The van der Waals surface area contributed by atoms with E-state index in [1.165, 1.54) is 11.3 Å². The molecule has 1 fully saturated rings. The minimum atomic E-state index is 0.00347. The van der Waals surface area contributed by atoms with Gasteiger partial charge in [-0.05, 0) is 56.5 Å².